The molecule has 1 amide bonds. The average Bonchev–Trinajstić information content (AvgIpc) is 2.45. The number of halogens is 2. The number of fused-ring (bicyclic) bond motifs is 1. The number of hydrogen-bond acceptors (Lipinski definition) is 3. The minimum absolute atomic E-state index is 0. The molecule has 114 valence electrons. The molecule has 0 unspecified atom stereocenters. The first-order chi connectivity index (χ1) is 9.69. The van der Waals surface area contributed by atoms with Crippen LogP contribution in [0.4, 0.5) is 0 Å². The normalized spacial score (nSPS) is 10.0. The zero-order chi connectivity index (χ0) is 14.4. The van der Waals surface area contributed by atoms with Gasteiger partial charge in [-0.15, -0.1) is 12.4 Å². The van der Waals surface area contributed by atoms with Crippen molar-refractivity contribution in [1.29, 1.82) is 0 Å². The van der Waals surface area contributed by atoms with E-state index < -0.39 is 0 Å². The summed E-state index contributed by atoms with van der Waals surface area (Å²) in [5.74, 6) is 0.583. The third-order valence-corrected chi connectivity index (χ3v) is 3.33. The standard InChI is InChI=1S/C15H17BrN2O2.ClH/c1-17-6-7-18-15(19)10-20-14-5-3-11-8-13(16)4-2-12(11)9-14;/h2-5,8-9,17H,6-7,10H2,1H3,(H,18,19);1H. The highest BCUT2D eigenvalue weighted by Gasteiger charge is 2.03. The van der Waals surface area contributed by atoms with E-state index in [0.717, 1.165) is 21.8 Å². The Hall–Kier alpha value is -1.30. The van der Waals surface area contributed by atoms with Gasteiger partial charge in [-0.2, -0.15) is 0 Å². The fourth-order valence-electron chi connectivity index (χ4n) is 1.81. The van der Waals surface area contributed by atoms with Crippen molar-refractivity contribution in [3.8, 4) is 5.75 Å². The topological polar surface area (TPSA) is 50.4 Å². The number of carbonyl (C=O) groups is 1. The van der Waals surface area contributed by atoms with Crippen LogP contribution in [0.2, 0.25) is 0 Å². The summed E-state index contributed by atoms with van der Waals surface area (Å²) in [4.78, 5) is 11.5. The molecule has 0 aromatic heterocycles. The van der Waals surface area contributed by atoms with Gasteiger partial charge in [0.2, 0.25) is 0 Å². The lowest BCUT2D eigenvalue weighted by Gasteiger charge is -2.08. The van der Waals surface area contributed by atoms with Crippen molar-refractivity contribution < 1.29 is 9.53 Å². The molecule has 0 saturated carbocycles. The third-order valence-electron chi connectivity index (χ3n) is 2.84. The molecule has 6 heteroatoms. The number of nitrogens with one attached hydrogen (secondary N) is 2. The van der Waals surface area contributed by atoms with Gasteiger partial charge in [0.25, 0.3) is 5.91 Å². The van der Waals surface area contributed by atoms with E-state index in [1.54, 1.807) is 0 Å². The number of rotatable bonds is 6. The largest absolute Gasteiger partial charge is 0.484 e. The Morgan fingerprint density at radius 1 is 1.14 bits per heavy atom. The molecular weight excluding hydrogens is 356 g/mol. The highest BCUT2D eigenvalue weighted by molar-refractivity contribution is 9.10. The number of carbonyl (C=O) groups excluding carboxylic acids is 1. The summed E-state index contributed by atoms with van der Waals surface area (Å²) in [7, 11) is 1.84. The first kappa shape index (κ1) is 17.8. The van der Waals surface area contributed by atoms with Gasteiger partial charge in [0.05, 0.1) is 0 Å². The van der Waals surface area contributed by atoms with Crippen molar-refractivity contribution in [2.45, 2.75) is 0 Å². The Labute approximate surface area is 138 Å². The SMILES string of the molecule is CNCCNC(=O)COc1ccc2cc(Br)ccc2c1.Cl. The average molecular weight is 374 g/mol. The van der Waals surface area contributed by atoms with E-state index in [4.69, 9.17) is 4.74 Å². The summed E-state index contributed by atoms with van der Waals surface area (Å²) in [6, 6.07) is 11.8. The van der Waals surface area contributed by atoms with Gasteiger partial charge >= 0.3 is 0 Å². The molecule has 0 fully saturated rings. The van der Waals surface area contributed by atoms with Crippen LogP contribution in [0, 0.1) is 0 Å². The zero-order valence-corrected chi connectivity index (χ0v) is 14.1. The Morgan fingerprint density at radius 3 is 2.62 bits per heavy atom. The first-order valence-corrected chi connectivity index (χ1v) is 7.22. The highest BCUT2D eigenvalue weighted by Crippen LogP contribution is 2.23. The molecule has 2 N–H and O–H groups in total. The molecule has 0 bridgehead atoms. The number of benzene rings is 2. The van der Waals surface area contributed by atoms with E-state index in [1.165, 1.54) is 0 Å². The maximum absolute atomic E-state index is 11.5. The molecule has 2 rings (SSSR count). The van der Waals surface area contributed by atoms with Crippen LogP contribution in [0.25, 0.3) is 10.8 Å². The van der Waals surface area contributed by atoms with Gasteiger partial charge in [-0.3, -0.25) is 4.79 Å². The molecule has 21 heavy (non-hydrogen) atoms. The van der Waals surface area contributed by atoms with Gasteiger partial charge in [0.15, 0.2) is 6.61 Å². The molecule has 0 spiro atoms. The second-order valence-corrected chi connectivity index (χ2v) is 5.31. The van der Waals surface area contributed by atoms with E-state index in [9.17, 15) is 4.79 Å². The number of likely N-dealkylation sites (N-methyl/N-ethyl adjacent to an activating group) is 1. The highest BCUT2D eigenvalue weighted by atomic mass is 79.9. The number of ether oxygens (including phenoxy) is 1. The van der Waals surface area contributed by atoms with E-state index >= 15 is 0 Å². The van der Waals surface area contributed by atoms with Gasteiger partial charge < -0.3 is 15.4 Å². The lowest BCUT2D eigenvalue weighted by atomic mass is 10.1. The number of amides is 1. The minimum atomic E-state index is -0.115. The van der Waals surface area contributed by atoms with Gasteiger partial charge in [0.1, 0.15) is 5.75 Å². The lowest BCUT2D eigenvalue weighted by molar-refractivity contribution is -0.123. The van der Waals surface area contributed by atoms with Gasteiger partial charge in [-0.05, 0) is 42.1 Å². The number of hydrogen-bond donors (Lipinski definition) is 2. The second kappa shape index (κ2) is 8.87. The summed E-state index contributed by atoms with van der Waals surface area (Å²) in [5.41, 5.74) is 0. The van der Waals surface area contributed by atoms with Crippen LogP contribution in [0.1, 0.15) is 0 Å². The van der Waals surface area contributed by atoms with Gasteiger partial charge in [-0.25, -0.2) is 0 Å². The van der Waals surface area contributed by atoms with Crippen molar-refractivity contribution in [3.05, 3.63) is 40.9 Å². The molecule has 2 aromatic rings. The minimum Gasteiger partial charge on any atom is -0.484 e. The lowest BCUT2D eigenvalue weighted by Crippen LogP contribution is -2.33. The van der Waals surface area contributed by atoms with E-state index in [-0.39, 0.29) is 24.9 Å². The van der Waals surface area contributed by atoms with Crippen molar-refractivity contribution in [2.24, 2.45) is 0 Å². The molecule has 0 aliphatic carbocycles. The molecule has 0 aliphatic heterocycles. The smallest absolute Gasteiger partial charge is 0.257 e. The molecule has 0 heterocycles. The van der Waals surface area contributed by atoms with E-state index in [2.05, 4.69) is 26.6 Å². The molecular formula is C15H18BrClN2O2. The van der Waals surface area contributed by atoms with Gasteiger partial charge in [0, 0.05) is 17.6 Å². The Kier molecular flexibility index (Phi) is 7.50. The van der Waals surface area contributed by atoms with Crippen molar-refractivity contribution >= 4 is 45.0 Å². The molecule has 0 radical (unpaired) electrons. The second-order valence-electron chi connectivity index (χ2n) is 4.40. The summed E-state index contributed by atoms with van der Waals surface area (Å²) < 4.78 is 6.54. The van der Waals surface area contributed by atoms with Crippen LogP contribution >= 0.6 is 28.3 Å². The maximum Gasteiger partial charge on any atom is 0.257 e. The Bertz CT molecular complexity index is 607. The van der Waals surface area contributed by atoms with Crippen LogP contribution < -0.4 is 15.4 Å². The molecule has 2 aromatic carbocycles. The third kappa shape index (κ3) is 5.53. The van der Waals surface area contributed by atoms with E-state index in [0.29, 0.717) is 12.3 Å². The quantitative estimate of drug-likeness (QED) is 0.766. The fourth-order valence-corrected chi connectivity index (χ4v) is 2.19. The Morgan fingerprint density at radius 2 is 1.86 bits per heavy atom. The summed E-state index contributed by atoms with van der Waals surface area (Å²) in [5, 5.41) is 7.94. The fraction of sp³-hybridized carbons (Fsp3) is 0.267. The predicted octanol–water partition coefficient (Wildman–Crippen LogP) is 2.74. The van der Waals surface area contributed by atoms with Crippen LogP contribution in [0.3, 0.4) is 0 Å². The van der Waals surface area contributed by atoms with Crippen molar-refractivity contribution in [1.82, 2.24) is 10.6 Å². The molecule has 4 nitrogen and oxygen atoms in total. The molecule has 0 atom stereocenters. The first-order valence-electron chi connectivity index (χ1n) is 6.42. The Balaban J connectivity index is 0.00000220. The summed E-state index contributed by atoms with van der Waals surface area (Å²) in [6.07, 6.45) is 0. The monoisotopic (exact) mass is 372 g/mol. The van der Waals surface area contributed by atoms with Crippen LogP contribution in [0.15, 0.2) is 40.9 Å². The summed E-state index contributed by atoms with van der Waals surface area (Å²) >= 11 is 3.44. The summed E-state index contributed by atoms with van der Waals surface area (Å²) in [6.45, 7) is 1.38. The zero-order valence-electron chi connectivity index (χ0n) is 11.7. The van der Waals surface area contributed by atoms with Crippen LogP contribution in [0.5, 0.6) is 5.75 Å². The predicted molar refractivity (Wildman–Crippen MR) is 91.3 cm³/mol. The molecule has 0 aliphatic rings. The van der Waals surface area contributed by atoms with Crippen molar-refractivity contribution in [3.63, 3.8) is 0 Å². The van der Waals surface area contributed by atoms with Gasteiger partial charge in [-0.1, -0.05) is 28.1 Å². The van der Waals surface area contributed by atoms with Crippen LogP contribution in [-0.2, 0) is 4.79 Å². The van der Waals surface area contributed by atoms with Crippen molar-refractivity contribution in [2.75, 3.05) is 26.7 Å². The van der Waals surface area contributed by atoms with Crippen LogP contribution in [-0.4, -0.2) is 32.7 Å². The van der Waals surface area contributed by atoms with E-state index in [1.807, 2.05) is 43.4 Å². The molecule has 0 saturated heterocycles. The maximum atomic E-state index is 11.5.